The van der Waals surface area contributed by atoms with Crippen LogP contribution >= 0.6 is 0 Å². The van der Waals surface area contributed by atoms with Gasteiger partial charge in [-0.15, -0.1) is 0 Å². The van der Waals surface area contributed by atoms with E-state index in [0.717, 1.165) is 5.76 Å². The topological polar surface area (TPSA) is 99.0 Å². The van der Waals surface area contributed by atoms with Gasteiger partial charge in [0.15, 0.2) is 5.96 Å². The lowest BCUT2D eigenvalue weighted by atomic mass is 9.92. The van der Waals surface area contributed by atoms with Crippen molar-refractivity contribution in [3.05, 3.63) is 24.2 Å². The highest BCUT2D eigenvalue weighted by Gasteiger charge is 2.26. The summed E-state index contributed by atoms with van der Waals surface area (Å²) in [4.78, 5) is 29.4. The Hall–Kier alpha value is -2.51. The van der Waals surface area contributed by atoms with Crippen molar-refractivity contribution in [2.24, 2.45) is 10.4 Å². The van der Waals surface area contributed by atoms with Gasteiger partial charge in [0.05, 0.1) is 11.7 Å². The molecule has 1 rings (SSSR count). The molecule has 0 fully saturated rings. The lowest BCUT2D eigenvalue weighted by molar-refractivity contribution is -0.128. The second-order valence-electron chi connectivity index (χ2n) is 6.53. The lowest BCUT2D eigenvalue weighted by Crippen LogP contribution is -2.47. The third-order valence-electron chi connectivity index (χ3n) is 3.65. The summed E-state index contributed by atoms with van der Waals surface area (Å²) in [5.74, 6) is 1.18. The first-order valence-electron chi connectivity index (χ1n) is 8.23. The maximum absolute atomic E-state index is 11.9. The lowest BCUT2D eigenvalue weighted by Gasteiger charge is -2.24. The molecule has 0 aliphatic carbocycles. The summed E-state index contributed by atoms with van der Waals surface area (Å²) in [6.45, 7) is 4.68. The molecule has 25 heavy (non-hydrogen) atoms. The van der Waals surface area contributed by atoms with Crippen LogP contribution in [0.5, 0.6) is 0 Å². The predicted molar refractivity (Wildman–Crippen MR) is 97.3 cm³/mol. The molecule has 2 amide bonds. The second-order valence-corrected chi connectivity index (χ2v) is 6.53. The minimum Gasteiger partial charge on any atom is -0.469 e. The summed E-state index contributed by atoms with van der Waals surface area (Å²) < 4.78 is 5.29. The molecule has 0 spiro atoms. The van der Waals surface area contributed by atoms with Gasteiger partial charge in [-0.25, -0.2) is 4.99 Å². The molecular formula is C17H29N5O3. The van der Waals surface area contributed by atoms with Crippen LogP contribution in [-0.2, 0) is 16.0 Å². The van der Waals surface area contributed by atoms with Gasteiger partial charge in [0.25, 0.3) is 0 Å². The van der Waals surface area contributed by atoms with E-state index in [2.05, 4.69) is 20.9 Å². The maximum Gasteiger partial charge on any atom is 0.243 e. The van der Waals surface area contributed by atoms with E-state index in [1.807, 2.05) is 26.0 Å². The zero-order valence-electron chi connectivity index (χ0n) is 15.7. The number of nitrogens with one attached hydrogen (secondary N) is 3. The van der Waals surface area contributed by atoms with Crippen molar-refractivity contribution in [3.8, 4) is 0 Å². The zero-order valence-corrected chi connectivity index (χ0v) is 15.7. The molecule has 0 aliphatic rings. The number of aliphatic imine (C=N–C) groups is 1. The van der Waals surface area contributed by atoms with E-state index >= 15 is 0 Å². The minimum absolute atomic E-state index is 0.0312. The molecule has 0 saturated heterocycles. The summed E-state index contributed by atoms with van der Waals surface area (Å²) in [5, 5.41) is 8.93. The Bertz CT molecular complexity index is 579. The maximum atomic E-state index is 11.9. The first-order valence-corrected chi connectivity index (χ1v) is 8.23. The highest BCUT2D eigenvalue weighted by molar-refractivity contribution is 5.86. The number of carbonyl (C=O) groups is 2. The number of guanidine groups is 1. The van der Waals surface area contributed by atoms with Crippen molar-refractivity contribution >= 4 is 17.8 Å². The number of carbonyl (C=O) groups excluding carboxylic acids is 2. The summed E-state index contributed by atoms with van der Waals surface area (Å²) in [7, 11) is 4.98. The van der Waals surface area contributed by atoms with Crippen LogP contribution in [0.2, 0.25) is 0 Å². The molecule has 1 heterocycles. The van der Waals surface area contributed by atoms with E-state index in [9.17, 15) is 9.59 Å². The Labute approximate surface area is 149 Å². The number of likely N-dealkylation sites (N-methyl/N-ethyl adjacent to an activating group) is 1. The van der Waals surface area contributed by atoms with E-state index in [4.69, 9.17) is 4.42 Å². The van der Waals surface area contributed by atoms with Crippen molar-refractivity contribution in [1.82, 2.24) is 20.9 Å². The molecule has 0 bridgehead atoms. The largest absolute Gasteiger partial charge is 0.469 e. The van der Waals surface area contributed by atoms with Gasteiger partial charge in [-0.3, -0.25) is 9.59 Å². The van der Waals surface area contributed by atoms with Crippen molar-refractivity contribution < 1.29 is 14.0 Å². The summed E-state index contributed by atoms with van der Waals surface area (Å²) in [5.41, 5.74) is -0.607. The van der Waals surface area contributed by atoms with Crippen LogP contribution in [0.3, 0.4) is 0 Å². The van der Waals surface area contributed by atoms with E-state index in [-0.39, 0.29) is 18.4 Å². The molecule has 140 valence electrons. The van der Waals surface area contributed by atoms with Crippen LogP contribution in [-0.4, -0.2) is 63.5 Å². The Morgan fingerprint density at radius 1 is 1.28 bits per heavy atom. The number of amides is 2. The normalized spacial score (nSPS) is 11.8. The Balaban J connectivity index is 2.64. The van der Waals surface area contributed by atoms with Crippen molar-refractivity contribution in [2.45, 2.75) is 20.3 Å². The first-order chi connectivity index (χ1) is 11.8. The summed E-state index contributed by atoms with van der Waals surface area (Å²) in [6.07, 6.45) is 2.32. The number of rotatable bonds is 8. The molecule has 0 atom stereocenters. The third-order valence-corrected chi connectivity index (χ3v) is 3.65. The molecular weight excluding hydrogens is 322 g/mol. The van der Waals surface area contributed by atoms with Gasteiger partial charge in [-0.2, -0.15) is 0 Å². The molecule has 8 nitrogen and oxygen atoms in total. The smallest absolute Gasteiger partial charge is 0.243 e. The predicted octanol–water partition coefficient (Wildman–Crippen LogP) is 0.218. The van der Waals surface area contributed by atoms with Gasteiger partial charge in [-0.1, -0.05) is 0 Å². The molecule has 3 N–H and O–H groups in total. The van der Waals surface area contributed by atoms with Crippen molar-refractivity contribution in [1.29, 1.82) is 0 Å². The fraction of sp³-hybridized carbons (Fsp3) is 0.588. The third kappa shape index (κ3) is 7.28. The Morgan fingerprint density at radius 3 is 2.56 bits per heavy atom. The van der Waals surface area contributed by atoms with Crippen LogP contribution in [0.1, 0.15) is 19.6 Å². The van der Waals surface area contributed by atoms with E-state index in [1.54, 1.807) is 27.4 Å². The first kappa shape index (κ1) is 20.5. The van der Waals surface area contributed by atoms with Crippen LogP contribution in [0.4, 0.5) is 0 Å². The van der Waals surface area contributed by atoms with Crippen LogP contribution in [0.25, 0.3) is 0 Å². The number of hydrogen-bond acceptors (Lipinski definition) is 4. The van der Waals surface area contributed by atoms with E-state index in [0.29, 0.717) is 25.5 Å². The van der Waals surface area contributed by atoms with Gasteiger partial charge >= 0.3 is 0 Å². The Morgan fingerprint density at radius 2 is 2.00 bits per heavy atom. The minimum atomic E-state index is -0.607. The molecule has 0 unspecified atom stereocenters. The standard InChI is InChI=1S/C17H29N5O3/c1-17(2,15(24)18-3)12-21-16(20-11-14(23)22(4)5)19-9-8-13-7-6-10-25-13/h6-7,10H,8-9,11-12H2,1-5H3,(H,18,24)(H2,19,20,21). The van der Waals surface area contributed by atoms with Crippen molar-refractivity contribution in [2.75, 3.05) is 40.8 Å². The average molecular weight is 351 g/mol. The zero-order chi connectivity index (χ0) is 18.9. The highest BCUT2D eigenvalue weighted by atomic mass is 16.3. The van der Waals surface area contributed by atoms with E-state index < -0.39 is 5.41 Å². The second kappa shape index (κ2) is 9.71. The van der Waals surface area contributed by atoms with E-state index in [1.165, 1.54) is 4.90 Å². The molecule has 0 aromatic carbocycles. The molecule has 1 aromatic heterocycles. The van der Waals surface area contributed by atoms with Crippen LogP contribution in [0, 0.1) is 5.41 Å². The number of hydrogen-bond donors (Lipinski definition) is 3. The van der Waals surface area contributed by atoms with Gasteiger partial charge in [0, 0.05) is 40.7 Å². The quantitative estimate of drug-likeness (QED) is 0.460. The van der Waals surface area contributed by atoms with Crippen LogP contribution < -0.4 is 16.0 Å². The molecule has 0 saturated carbocycles. The summed E-state index contributed by atoms with van der Waals surface area (Å²) >= 11 is 0. The van der Waals surface area contributed by atoms with Gasteiger partial charge in [-0.05, 0) is 26.0 Å². The molecule has 0 aliphatic heterocycles. The molecule has 8 heteroatoms. The summed E-state index contributed by atoms with van der Waals surface area (Å²) in [6, 6.07) is 3.74. The number of nitrogens with zero attached hydrogens (tertiary/aromatic N) is 2. The van der Waals surface area contributed by atoms with Crippen LogP contribution in [0.15, 0.2) is 27.8 Å². The fourth-order valence-corrected chi connectivity index (χ4v) is 1.94. The molecule has 0 radical (unpaired) electrons. The number of furan rings is 1. The van der Waals surface area contributed by atoms with Crippen molar-refractivity contribution in [3.63, 3.8) is 0 Å². The monoisotopic (exact) mass is 351 g/mol. The SMILES string of the molecule is CNC(=O)C(C)(C)CNC(=NCC(=O)N(C)C)NCCc1ccco1. The molecule has 1 aromatic rings. The highest BCUT2D eigenvalue weighted by Crippen LogP contribution is 2.12. The average Bonchev–Trinajstić information content (AvgIpc) is 3.08. The fourth-order valence-electron chi connectivity index (χ4n) is 1.94. The Kier molecular flexibility index (Phi) is 7.97. The van der Waals surface area contributed by atoms with Gasteiger partial charge < -0.3 is 25.3 Å². The van der Waals surface area contributed by atoms with Gasteiger partial charge in [0.2, 0.25) is 11.8 Å². The van der Waals surface area contributed by atoms with Gasteiger partial charge in [0.1, 0.15) is 12.3 Å².